The summed E-state index contributed by atoms with van der Waals surface area (Å²) in [7, 11) is 1.93. The summed E-state index contributed by atoms with van der Waals surface area (Å²) in [4.78, 5) is 14.3. The van der Waals surface area contributed by atoms with E-state index in [1.165, 1.54) is 0 Å². The van der Waals surface area contributed by atoms with E-state index in [0.717, 1.165) is 28.0 Å². The number of benzene rings is 2. The van der Waals surface area contributed by atoms with Crippen LogP contribution in [-0.2, 0) is 11.3 Å². The number of nitrogens with zero attached hydrogens (tertiary/aromatic N) is 1. The number of rotatable bonds is 8. The van der Waals surface area contributed by atoms with Gasteiger partial charge in [0.15, 0.2) is 0 Å². The van der Waals surface area contributed by atoms with E-state index in [1.807, 2.05) is 80.4 Å². The summed E-state index contributed by atoms with van der Waals surface area (Å²) in [6, 6.07) is 17.6. The first kappa shape index (κ1) is 19.0. The zero-order valence-electron chi connectivity index (χ0n) is 16.1. The second-order valence-electron chi connectivity index (χ2n) is 6.73. The van der Waals surface area contributed by atoms with Gasteiger partial charge >= 0.3 is 0 Å². The van der Waals surface area contributed by atoms with Gasteiger partial charge in [0.25, 0.3) is 0 Å². The van der Waals surface area contributed by atoms with Crippen molar-refractivity contribution in [2.45, 2.75) is 26.4 Å². The number of para-hydroxylation sites is 1. The molecule has 1 unspecified atom stereocenters. The number of furan rings is 1. The van der Waals surface area contributed by atoms with Crippen LogP contribution in [0.1, 0.15) is 31.2 Å². The average Bonchev–Trinajstić information content (AvgIpc) is 3.08. The van der Waals surface area contributed by atoms with Crippen LogP contribution in [-0.4, -0.2) is 31.0 Å². The summed E-state index contributed by atoms with van der Waals surface area (Å²) in [6.45, 7) is 5.56. The van der Waals surface area contributed by atoms with Gasteiger partial charge in [-0.2, -0.15) is 0 Å². The van der Waals surface area contributed by atoms with Crippen molar-refractivity contribution in [3.8, 4) is 5.75 Å². The minimum Gasteiger partial charge on any atom is -0.494 e. The van der Waals surface area contributed by atoms with Crippen molar-refractivity contribution in [1.82, 2.24) is 10.2 Å². The number of amides is 1. The molecule has 142 valence electrons. The first-order valence-corrected chi connectivity index (χ1v) is 9.23. The van der Waals surface area contributed by atoms with Crippen molar-refractivity contribution in [3.63, 3.8) is 0 Å². The number of hydrogen-bond donors (Lipinski definition) is 1. The molecule has 0 aliphatic rings. The first-order chi connectivity index (χ1) is 13.0. The van der Waals surface area contributed by atoms with Crippen LogP contribution in [0.4, 0.5) is 0 Å². The number of carbonyl (C=O) groups is 1. The summed E-state index contributed by atoms with van der Waals surface area (Å²) < 4.78 is 11.3. The minimum absolute atomic E-state index is 0.0311. The summed E-state index contributed by atoms with van der Waals surface area (Å²) in [5.74, 6) is 1.59. The van der Waals surface area contributed by atoms with Gasteiger partial charge in [-0.3, -0.25) is 9.69 Å². The molecule has 0 bridgehead atoms. The van der Waals surface area contributed by atoms with Crippen molar-refractivity contribution in [2.24, 2.45) is 0 Å². The van der Waals surface area contributed by atoms with Crippen molar-refractivity contribution >= 4 is 16.9 Å². The van der Waals surface area contributed by atoms with Crippen LogP contribution >= 0.6 is 0 Å². The Balaban J connectivity index is 1.51. The fourth-order valence-electron chi connectivity index (χ4n) is 3.04. The van der Waals surface area contributed by atoms with Crippen LogP contribution in [0.5, 0.6) is 5.75 Å². The molecule has 27 heavy (non-hydrogen) atoms. The van der Waals surface area contributed by atoms with Gasteiger partial charge in [-0.1, -0.05) is 30.3 Å². The molecule has 1 amide bonds. The Morgan fingerprint density at radius 3 is 2.63 bits per heavy atom. The van der Waals surface area contributed by atoms with Crippen LogP contribution in [0.3, 0.4) is 0 Å². The maximum absolute atomic E-state index is 12.4. The summed E-state index contributed by atoms with van der Waals surface area (Å²) in [6.07, 6.45) is 0. The largest absolute Gasteiger partial charge is 0.494 e. The molecule has 0 saturated heterocycles. The van der Waals surface area contributed by atoms with E-state index in [-0.39, 0.29) is 11.9 Å². The van der Waals surface area contributed by atoms with Crippen LogP contribution in [0.2, 0.25) is 0 Å². The molecule has 2 aromatic carbocycles. The van der Waals surface area contributed by atoms with Gasteiger partial charge in [0.2, 0.25) is 5.91 Å². The molecule has 1 aromatic heterocycles. The fourth-order valence-corrected chi connectivity index (χ4v) is 3.04. The highest BCUT2D eigenvalue weighted by Crippen LogP contribution is 2.23. The van der Waals surface area contributed by atoms with E-state index in [0.29, 0.717) is 19.7 Å². The van der Waals surface area contributed by atoms with E-state index in [1.54, 1.807) is 0 Å². The van der Waals surface area contributed by atoms with Gasteiger partial charge in [-0.05, 0) is 50.7 Å². The van der Waals surface area contributed by atoms with Crippen LogP contribution in [0.25, 0.3) is 11.0 Å². The van der Waals surface area contributed by atoms with E-state index in [2.05, 4.69) is 5.32 Å². The highest BCUT2D eigenvalue weighted by Gasteiger charge is 2.15. The van der Waals surface area contributed by atoms with Crippen LogP contribution in [0.15, 0.2) is 59.0 Å². The summed E-state index contributed by atoms with van der Waals surface area (Å²) >= 11 is 0. The zero-order chi connectivity index (χ0) is 19.2. The fraction of sp³-hybridized carbons (Fsp3) is 0.318. The predicted octanol–water partition coefficient (Wildman–Crippen LogP) is 4.14. The summed E-state index contributed by atoms with van der Waals surface area (Å²) in [5.41, 5.74) is 1.97. The van der Waals surface area contributed by atoms with Crippen molar-refractivity contribution < 1.29 is 13.9 Å². The maximum atomic E-state index is 12.4. The molecular weight excluding hydrogens is 340 g/mol. The molecular formula is C22H26N2O3. The second kappa shape index (κ2) is 8.73. The Labute approximate surface area is 159 Å². The number of nitrogens with one attached hydrogen (secondary N) is 1. The third kappa shape index (κ3) is 5.11. The number of fused-ring (bicyclic) bond motifs is 1. The molecule has 1 N–H and O–H groups in total. The number of carbonyl (C=O) groups excluding carboxylic acids is 1. The molecule has 0 aliphatic heterocycles. The molecule has 5 nitrogen and oxygen atoms in total. The van der Waals surface area contributed by atoms with Crippen LogP contribution in [0, 0.1) is 0 Å². The molecule has 1 atom stereocenters. The highest BCUT2D eigenvalue weighted by molar-refractivity contribution is 5.80. The molecule has 3 aromatic rings. The summed E-state index contributed by atoms with van der Waals surface area (Å²) in [5, 5.41) is 4.05. The second-order valence-corrected chi connectivity index (χ2v) is 6.73. The maximum Gasteiger partial charge on any atom is 0.234 e. The topological polar surface area (TPSA) is 54.7 Å². The van der Waals surface area contributed by atoms with Crippen molar-refractivity contribution in [1.29, 1.82) is 0 Å². The van der Waals surface area contributed by atoms with E-state index in [9.17, 15) is 4.79 Å². The lowest BCUT2D eigenvalue weighted by Crippen LogP contribution is -2.36. The van der Waals surface area contributed by atoms with E-state index in [4.69, 9.17) is 9.15 Å². The van der Waals surface area contributed by atoms with Gasteiger partial charge in [0, 0.05) is 11.9 Å². The van der Waals surface area contributed by atoms with Crippen LogP contribution < -0.4 is 10.1 Å². The lowest BCUT2D eigenvalue weighted by Gasteiger charge is -2.18. The quantitative estimate of drug-likeness (QED) is 0.651. The average molecular weight is 366 g/mol. The van der Waals surface area contributed by atoms with Gasteiger partial charge < -0.3 is 14.5 Å². The molecule has 1 heterocycles. The normalized spacial score (nSPS) is 12.3. The molecule has 0 saturated carbocycles. The highest BCUT2D eigenvalue weighted by atomic mass is 16.5. The molecule has 0 fully saturated rings. The van der Waals surface area contributed by atoms with E-state index < -0.39 is 0 Å². The van der Waals surface area contributed by atoms with Gasteiger partial charge in [0.05, 0.1) is 19.2 Å². The van der Waals surface area contributed by atoms with Gasteiger partial charge in [0.1, 0.15) is 17.1 Å². The van der Waals surface area contributed by atoms with Crippen molar-refractivity contribution in [3.05, 3.63) is 65.9 Å². The molecule has 0 radical (unpaired) electrons. The number of hydrogen-bond acceptors (Lipinski definition) is 4. The lowest BCUT2D eigenvalue weighted by molar-refractivity contribution is -0.122. The third-order valence-electron chi connectivity index (χ3n) is 4.35. The molecule has 3 rings (SSSR count). The van der Waals surface area contributed by atoms with E-state index >= 15 is 0 Å². The Bertz CT molecular complexity index is 853. The number of likely N-dealkylation sites (N-methyl/N-ethyl adjacent to an activating group) is 1. The Morgan fingerprint density at radius 2 is 1.93 bits per heavy atom. The monoisotopic (exact) mass is 366 g/mol. The van der Waals surface area contributed by atoms with Crippen molar-refractivity contribution in [2.75, 3.05) is 20.2 Å². The van der Waals surface area contributed by atoms with Gasteiger partial charge in [-0.25, -0.2) is 0 Å². The molecule has 0 aliphatic carbocycles. The predicted molar refractivity (Wildman–Crippen MR) is 107 cm³/mol. The molecule has 5 heteroatoms. The smallest absolute Gasteiger partial charge is 0.234 e. The third-order valence-corrected chi connectivity index (χ3v) is 4.35. The minimum atomic E-state index is -0.177. The molecule has 0 spiro atoms. The Hall–Kier alpha value is -2.79. The lowest BCUT2D eigenvalue weighted by atomic mass is 10.2. The van der Waals surface area contributed by atoms with Gasteiger partial charge in [-0.15, -0.1) is 0 Å². The zero-order valence-corrected chi connectivity index (χ0v) is 16.1. The number of ether oxygens (including phenoxy) is 1. The SMILES string of the molecule is CCOc1ccc(CN(C)CC(=O)NC(C)c2cc3ccccc3o2)cc1. The Kier molecular flexibility index (Phi) is 6.14. The first-order valence-electron chi connectivity index (χ1n) is 9.23. The Morgan fingerprint density at radius 1 is 1.19 bits per heavy atom. The standard InChI is InChI=1S/C22H26N2O3/c1-4-26-19-11-9-17(10-12-19)14-24(3)15-22(25)23-16(2)21-13-18-7-5-6-8-20(18)27-21/h5-13,16H,4,14-15H2,1-3H3,(H,23,25).